The Labute approximate surface area is 441 Å². The van der Waals surface area contributed by atoms with Gasteiger partial charge in [0.2, 0.25) is 11.9 Å². The number of piperidine rings is 2. The number of nitrogens with one attached hydrogen (secondary N) is 3. The Morgan fingerprint density at radius 3 is 1.61 bits per heavy atom. The number of anilines is 2. The maximum atomic E-state index is 13.5. The number of carbonyl (C=O) groups excluding carboxylic acids is 3. The molecule has 74 heavy (non-hydrogen) atoms. The number of methoxy groups -OCH3 is 2. The zero-order valence-electron chi connectivity index (χ0n) is 41.5. The Kier molecular flexibility index (Phi) is 15.9. The molecule has 2 saturated heterocycles. The van der Waals surface area contributed by atoms with Crippen LogP contribution < -0.4 is 32.0 Å². The van der Waals surface area contributed by atoms with Crippen LogP contribution in [0.15, 0.2) is 94.5 Å². The number of carbonyl (C=O) groups is 3. The van der Waals surface area contributed by atoms with E-state index in [-0.39, 0.29) is 35.6 Å². The van der Waals surface area contributed by atoms with Crippen LogP contribution in [0, 0.1) is 0 Å². The fraction of sp³-hybridized carbons (Fsp3) is 0.340. The lowest BCUT2D eigenvalue weighted by molar-refractivity contribution is 0.0498. The molecule has 0 bridgehead atoms. The number of aromatic nitrogens is 6. The predicted molar refractivity (Wildman–Crippen MR) is 291 cm³/mol. The van der Waals surface area contributed by atoms with E-state index in [0.29, 0.717) is 110 Å². The third-order valence-electron chi connectivity index (χ3n) is 13.0. The van der Waals surface area contributed by atoms with Crippen molar-refractivity contribution in [1.82, 2.24) is 34.4 Å². The molecular formula is C53H57Cl3N10O8. The summed E-state index contributed by atoms with van der Waals surface area (Å²) < 4.78 is 19.0. The normalized spacial score (nSPS) is 15.9. The van der Waals surface area contributed by atoms with Gasteiger partial charge in [-0.05, 0) is 106 Å². The average molecular weight is 1070 g/mol. The molecule has 8 aromatic rings. The van der Waals surface area contributed by atoms with E-state index in [0.717, 1.165) is 43.4 Å². The van der Waals surface area contributed by atoms with Crippen molar-refractivity contribution in [3.63, 3.8) is 0 Å². The van der Waals surface area contributed by atoms with Gasteiger partial charge in [0.25, 0.3) is 11.1 Å². The third-order valence-corrected chi connectivity index (χ3v) is 13.7. The van der Waals surface area contributed by atoms with Gasteiger partial charge in [0.05, 0.1) is 49.5 Å². The standard InChI is InChI=1S/C29H32ClN5O5.C24H24ClN5O3.ClH/c1-29(2,3)40-28(38)31-19-9-7-13-34(16-19)27-33-23-20-14-17(26(37)39-4)11-12-22(20)32-25(36)24(23)35(27)15-18-8-5-6-10-21(18)30;1-33-23(32)14-8-9-19-17(11-14)20-21(22(31)27-19)30(12-15-5-2-3-7-18(15)25)24(28-20)29-10-4-6-16(26)13-29;/h5-6,8,10-12,14,19H,7,9,13,15-16H2,1-4H3,(H,31,38)(H,32,36);2-3,5,7-9,11,16H,4,6,10,12-13,26H2,1H3,(H,27,31);1H/t19-;16-;/m11./s1. The number of pyridine rings is 2. The Bertz CT molecular complexity index is 3550. The number of imidazole rings is 2. The first kappa shape index (κ1) is 53.2. The van der Waals surface area contributed by atoms with Crippen molar-refractivity contribution in [2.24, 2.45) is 5.73 Å². The van der Waals surface area contributed by atoms with Gasteiger partial charge >= 0.3 is 18.0 Å². The van der Waals surface area contributed by atoms with E-state index in [1.807, 2.05) is 72.4 Å². The Hall–Kier alpha value is -7.12. The van der Waals surface area contributed by atoms with Gasteiger partial charge in [0.1, 0.15) is 27.7 Å². The molecule has 2 aliphatic heterocycles. The van der Waals surface area contributed by atoms with Crippen molar-refractivity contribution in [1.29, 1.82) is 0 Å². The van der Waals surface area contributed by atoms with Crippen LogP contribution in [0.3, 0.4) is 0 Å². The maximum absolute atomic E-state index is 13.5. The monoisotopic (exact) mass is 1070 g/mol. The summed E-state index contributed by atoms with van der Waals surface area (Å²) in [5, 5.41) is 5.46. The minimum Gasteiger partial charge on any atom is -0.465 e. The molecule has 4 aromatic carbocycles. The lowest BCUT2D eigenvalue weighted by Crippen LogP contribution is -2.49. The number of nitrogens with two attached hydrogens (primary N) is 1. The Morgan fingerprint density at radius 1 is 0.703 bits per heavy atom. The number of nitrogens with zero attached hydrogens (tertiary/aromatic N) is 6. The van der Waals surface area contributed by atoms with Gasteiger partial charge < -0.3 is 54.2 Å². The fourth-order valence-corrected chi connectivity index (χ4v) is 9.98. The summed E-state index contributed by atoms with van der Waals surface area (Å²) in [4.78, 5) is 83.6. The number of halogens is 3. The number of aromatic amines is 2. The number of H-pyrrole nitrogens is 2. The van der Waals surface area contributed by atoms with Crippen LogP contribution in [0.1, 0.15) is 78.3 Å². The van der Waals surface area contributed by atoms with Gasteiger partial charge in [-0.25, -0.2) is 24.4 Å². The van der Waals surface area contributed by atoms with Gasteiger partial charge in [-0.1, -0.05) is 59.6 Å². The van der Waals surface area contributed by atoms with Crippen LogP contribution in [0.4, 0.5) is 16.7 Å². The van der Waals surface area contributed by atoms with Gasteiger partial charge in [0.15, 0.2) is 0 Å². The fourth-order valence-electron chi connectivity index (χ4n) is 9.59. The molecule has 2 atom stereocenters. The van der Waals surface area contributed by atoms with Gasteiger partial charge in [-0.2, -0.15) is 0 Å². The minimum atomic E-state index is -0.605. The highest BCUT2D eigenvalue weighted by Gasteiger charge is 2.30. The van der Waals surface area contributed by atoms with E-state index in [2.05, 4.69) is 25.1 Å². The van der Waals surface area contributed by atoms with E-state index in [1.54, 1.807) is 42.5 Å². The second kappa shape index (κ2) is 22.2. The van der Waals surface area contributed by atoms with Crippen LogP contribution in [0.2, 0.25) is 10.0 Å². The molecule has 0 aliphatic carbocycles. The first-order valence-corrected chi connectivity index (χ1v) is 24.8. The molecule has 0 spiro atoms. The molecule has 2 aliphatic rings. The molecular weight excluding hydrogens is 1010 g/mol. The van der Waals surface area contributed by atoms with E-state index in [9.17, 15) is 24.0 Å². The number of hydrogen-bond acceptors (Lipinski definition) is 13. The molecule has 21 heteroatoms. The number of benzene rings is 4. The van der Waals surface area contributed by atoms with Crippen molar-refractivity contribution in [3.05, 3.63) is 138 Å². The second-order valence-corrected chi connectivity index (χ2v) is 20.1. The highest BCUT2D eigenvalue weighted by atomic mass is 35.5. The van der Waals surface area contributed by atoms with Crippen LogP contribution in [0.25, 0.3) is 43.9 Å². The number of alkyl carbamates (subject to hydrolysis) is 1. The summed E-state index contributed by atoms with van der Waals surface area (Å²) >= 11 is 13.0. The molecule has 388 valence electrons. The molecule has 2 fully saturated rings. The second-order valence-electron chi connectivity index (χ2n) is 19.3. The highest BCUT2D eigenvalue weighted by molar-refractivity contribution is 6.31. The van der Waals surface area contributed by atoms with Crippen molar-refractivity contribution in [2.45, 2.75) is 77.2 Å². The minimum absolute atomic E-state index is 0. The van der Waals surface area contributed by atoms with Gasteiger partial charge in [-0.15, -0.1) is 12.4 Å². The zero-order valence-corrected chi connectivity index (χ0v) is 43.8. The maximum Gasteiger partial charge on any atom is 0.407 e. The topological polar surface area (TPSA) is 225 Å². The summed E-state index contributed by atoms with van der Waals surface area (Å²) in [6.07, 6.45) is 3.01. The van der Waals surface area contributed by atoms with Crippen LogP contribution in [0.5, 0.6) is 0 Å². The zero-order chi connectivity index (χ0) is 51.7. The predicted octanol–water partition coefficient (Wildman–Crippen LogP) is 8.58. The molecule has 0 saturated carbocycles. The summed E-state index contributed by atoms with van der Waals surface area (Å²) in [5.74, 6) is 0.312. The molecule has 0 radical (unpaired) electrons. The quantitative estimate of drug-likeness (QED) is 0.0786. The van der Waals surface area contributed by atoms with Crippen LogP contribution in [-0.4, -0.2) is 105 Å². The lowest BCUT2D eigenvalue weighted by Gasteiger charge is -2.34. The molecule has 5 N–H and O–H groups in total. The molecule has 0 unspecified atom stereocenters. The first-order chi connectivity index (χ1) is 35.0. The molecule has 1 amide bonds. The smallest absolute Gasteiger partial charge is 0.407 e. The molecule has 6 heterocycles. The van der Waals surface area contributed by atoms with Gasteiger partial charge in [0, 0.05) is 59.1 Å². The van der Waals surface area contributed by atoms with Crippen molar-refractivity contribution in [3.8, 4) is 0 Å². The number of rotatable bonds is 9. The van der Waals surface area contributed by atoms with Crippen LogP contribution in [-0.2, 0) is 27.3 Å². The Balaban J connectivity index is 0.000000198. The third kappa shape index (κ3) is 11.2. The lowest BCUT2D eigenvalue weighted by atomic mass is 10.1. The average Bonchev–Trinajstić information content (AvgIpc) is 3.95. The first-order valence-electron chi connectivity index (χ1n) is 24.0. The van der Waals surface area contributed by atoms with E-state index >= 15 is 0 Å². The number of fused-ring (bicyclic) bond motifs is 6. The highest BCUT2D eigenvalue weighted by Crippen LogP contribution is 2.33. The van der Waals surface area contributed by atoms with E-state index in [1.165, 1.54) is 14.2 Å². The SMILES string of the molecule is COC(=O)c1ccc2[nH]c(=O)c3c(nc(N4CCC[C@@H](N)C4)n3Cc3ccccc3Cl)c2c1.COC(=O)c1ccc2[nH]c(=O)c3c(nc(N4CCC[C@@H](NC(=O)OC(C)(C)C)C4)n3Cc3ccccc3Cl)c2c1.Cl. The van der Waals surface area contributed by atoms with Crippen molar-refractivity contribution >= 4 is 109 Å². The van der Waals surface area contributed by atoms with Crippen LogP contribution >= 0.6 is 35.6 Å². The summed E-state index contributed by atoms with van der Waals surface area (Å²) in [7, 11) is 2.66. The largest absolute Gasteiger partial charge is 0.465 e. The van der Waals surface area contributed by atoms with Crippen molar-refractivity contribution in [2.75, 3.05) is 50.2 Å². The summed E-state index contributed by atoms with van der Waals surface area (Å²) in [6, 6.07) is 24.9. The number of ether oxygens (including phenoxy) is 3. The molecule has 10 rings (SSSR count). The molecule has 4 aromatic heterocycles. The van der Waals surface area contributed by atoms with E-state index in [4.69, 9.17) is 53.1 Å². The summed E-state index contributed by atoms with van der Waals surface area (Å²) in [6.45, 7) is 8.76. The number of esters is 2. The Morgan fingerprint density at radius 2 is 1.16 bits per heavy atom. The number of hydrogen-bond donors (Lipinski definition) is 4. The number of amides is 1. The summed E-state index contributed by atoms with van der Waals surface area (Å²) in [5.41, 5.74) is 10.5. The van der Waals surface area contributed by atoms with Gasteiger partial charge in [-0.3, -0.25) is 9.59 Å². The van der Waals surface area contributed by atoms with E-state index < -0.39 is 23.6 Å². The molecule has 18 nitrogen and oxygen atoms in total. The van der Waals surface area contributed by atoms with Crippen molar-refractivity contribution < 1.29 is 28.6 Å².